The molecule has 0 radical (unpaired) electrons. The molecule has 0 saturated carbocycles. The van der Waals surface area contributed by atoms with Gasteiger partial charge < -0.3 is 16.0 Å². The summed E-state index contributed by atoms with van der Waals surface area (Å²) in [5.41, 5.74) is 4.51. The van der Waals surface area contributed by atoms with Gasteiger partial charge in [0.25, 0.3) is 0 Å². The second-order valence-electron chi connectivity index (χ2n) is 4.48. The van der Waals surface area contributed by atoms with Crippen LogP contribution in [0.15, 0.2) is 18.2 Å². The molecule has 0 atom stereocenters. The molecule has 112 valence electrons. The highest BCUT2D eigenvalue weighted by molar-refractivity contribution is 5.81. The predicted octanol–water partition coefficient (Wildman–Crippen LogP) is 2.25. The lowest BCUT2D eigenvalue weighted by atomic mass is 10.1. The van der Waals surface area contributed by atoms with Crippen molar-refractivity contribution in [3.8, 4) is 0 Å². The number of nitrogen functional groups attached to an aromatic ring is 1. The summed E-state index contributed by atoms with van der Waals surface area (Å²) in [5.74, 6) is -0.320. The van der Waals surface area contributed by atoms with Gasteiger partial charge in [-0.3, -0.25) is 4.79 Å². The van der Waals surface area contributed by atoms with Crippen LogP contribution < -0.4 is 16.0 Å². The average Bonchev–Trinajstić information content (AvgIpc) is 2.35. The first-order chi connectivity index (χ1) is 9.25. The average molecular weight is 289 g/mol. The third-order valence-electron chi connectivity index (χ3n) is 2.69. The molecule has 1 aromatic carbocycles. The summed E-state index contributed by atoms with van der Waals surface area (Å²) in [6.45, 7) is 2.25. The minimum absolute atomic E-state index is 0.0323. The van der Waals surface area contributed by atoms with E-state index in [0.29, 0.717) is 6.54 Å². The summed E-state index contributed by atoms with van der Waals surface area (Å²) in [7, 11) is 1.44. The number of nitrogens with one attached hydrogen (secondary N) is 1. The molecule has 1 amide bonds. The molecule has 0 unspecified atom stereocenters. The maximum absolute atomic E-state index is 12.9. The monoisotopic (exact) mass is 289 g/mol. The molecule has 1 aromatic rings. The molecule has 20 heavy (non-hydrogen) atoms. The van der Waals surface area contributed by atoms with E-state index >= 15 is 0 Å². The van der Waals surface area contributed by atoms with Gasteiger partial charge in [-0.25, -0.2) is 0 Å². The van der Waals surface area contributed by atoms with E-state index in [1.54, 1.807) is 0 Å². The SMILES string of the molecule is CCCNC(=O)CN(C)c1ccc(N)cc1C(F)(F)F. The van der Waals surface area contributed by atoms with Crippen molar-refractivity contribution in [3.05, 3.63) is 23.8 Å². The first-order valence-corrected chi connectivity index (χ1v) is 6.20. The van der Waals surface area contributed by atoms with E-state index in [4.69, 9.17) is 5.73 Å². The number of likely N-dealkylation sites (N-methyl/N-ethyl adjacent to an activating group) is 1. The summed E-state index contributed by atoms with van der Waals surface area (Å²) >= 11 is 0. The van der Waals surface area contributed by atoms with E-state index in [0.717, 1.165) is 12.5 Å². The third-order valence-corrected chi connectivity index (χ3v) is 2.69. The predicted molar refractivity (Wildman–Crippen MR) is 72.4 cm³/mol. The number of amides is 1. The van der Waals surface area contributed by atoms with Gasteiger partial charge in [0, 0.05) is 25.0 Å². The zero-order valence-electron chi connectivity index (χ0n) is 11.4. The molecule has 0 saturated heterocycles. The fourth-order valence-electron chi connectivity index (χ4n) is 1.73. The van der Waals surface area contributed by atoms with Gasteiger partial charge in [0.05, 0.1) is 12.1 Å². The number of hydrogen-bond donors (Lipinski definition) is 2. The Bertz CT molecular complexity index is 474. The molecule has 0 spiro atoms. The third kappa shape index (κ3) is 4.32. The number of nitrogens with zero attached hydrogens (tertiary/aromatic N) is 1. The zero-order chi connectivity index (χ0) is 15.3. The van der Waals surface area contributed by atoms with Gasteiger partial charge in [-0.1, -0.05) is 6.92 Å². The summed E-state index contributed by atoms with van der Waals surface area (Å²) in [4.78, 5) is 12.8. The number of rotatable bonds is 5. The number of carbonyl (C=O) groups is 1. The Morgan fingerprint density at radius 2 is 2.05 bits per heavy atom. The number of hydrogen-bond acceptors (Lipinski definition) is 3. The normalized spacial score (nSPS) is 11.2. The molecule has 0 aliphatic carbocycles. The molecule has 0 aliphatic rings. The Hall–Kier alpha value is -1.92. The van der Waals surface area contributed by atoms with Crippen molar-refractivity contribution < 1.29 is 18.0 Å². The van der Waals surface area contributed by atoms with Crippen LogP contribution in [0.1, 0.15) is 18.9 Å². The van der Waals surface area contributed by atoms with Crippen LogP contribution in [0.4, 0.5) is 24.5 Å². The van der Waals surface area contributed by atoms with Gasteiger partial charge in [0.1, 0.15) is 0 Å². The van der Waals surface area contributed by atoms with E-state index < -0.39 is 11.7 Å². The Morgan fingerprint density at radius 3 is 2.60 bits per heavy atom. The molecule has 0 aliphatic heterocycles. The van der Waals surface area contributed by atoms with Crippen molar-refractivity contribution in [2.45, 2.75) is 19.5 Å². The van der Waals surface area contributed by atoms with Crippen LogP contribution in [0.25, 0.3) is 0 Å². The standard InChI is InChI=1S/C13H18F3N3O/c1-3-6-18-12(20)8-19(2)11-5-4-9(17)7-10(11)13(14,15)16/h4-5,7H,3,6,8,17H2,1-2H3,(H,18,20). The first kappa shape index (κ1) is 16.1. The van der Waals surface area contributed by atoms with Crippen LogP contribution in [0.3, 0.4) is 0 Å². The number of nitrogens with two attached hydrogens (primary N) is 1. The quantitative estimate of drug-likeness (QED) is 0.817. The maximum atomic E-state index is 12.9. The maximum Gasteiger partial charge on any atom is 0.418 e. The van der Waals surface area contributed by atoms with Crippen molar-refractivity contribution in [1.29, 1.82) is 0 Å². The van der Waals surface area contributed by atoms with Crippen LogP contribution in [-0.2, 0) is 11.0 Å². The van der Waals surface area contributed by atoms with Crippen LogP contribution in [0.5, 0.6) is 0 Å². The summed E-state index contributed by atoms with van der Waals surface area (Å²) < 4.78 is 38.8. The lowest BCUT2D eigenvalue weighted by Crippen LogP contribution is -2.36. The zero-order valence-corrected chi connectivity index (χ0v) is 11.4. The van der Waals surface area contributed by atoms with Crippen LogP contribution in [-0.4, -0.2) is 26.0 Å². The molecule has 0 aromatic heterocycles. The van der Waals surface area contributed by atoms with Gasteiger partial charge in [0.2, 0.25) is 5.91 Å². The Morgan fingerprint density at radius 1 is 1.40 bits per heavy atom. The summed E-state index contributed by atoms with van der Waals surface area (Å²) in [6.07, 6.45) is -3.75. The van der Waals surface area contributed by atoms with Crippen molar-refractivity contribution in [2.24, 2.45) is 0 Å². The van der Waals surface area contributed by atoms with E-state index in [1.165, 1.54) is 24.1 Å². The number of alkyl halides is 3. The highest BCUT2D eigenvalue weighted by atomic mass is 19.4. The lowest BCUT2D eigenvalue weighted by Gasteiger charge is -2.23. The molecular weight excluding hydrogens is 271 g/mol. The molecule has 0 heterocycles. The van der Waals surface area contributed by atoms with Gasteiger partial charge in [-0.15, -0.1) is 0 Å². The van der Waals surface area contributed by atoms with Gasteiger partial charge in [-0.2, -0.15) is 13.2 Å². The molecule has 0 bridgehead atoms. The van der Waals surface area contributed by atoms with E-state index in [2.05, 4.69) is 5.32 Å². The fourth-order valence-corrected chi connectivity index (χ4v) is 1.73. The highest BCUT2D eigenvalue weighted by Gasteiger charge is 2.34. The van der Waals surface area contributed by atoms with Gasteiger partial charge in [0.15, 0.2) is 0 Å². The van der Waals surface area contributed by atoms with E-state index in [1.807, 2.05) is 6.92 Å². The molecule has 3 N–H and O–H groups in total. The van der Waals surface area contributed by atoms with E-state index in [9.17, 15) is 18.0 Å². The van der Waals surface area contributed by atoms with Crippen LogP contribution in [0, 0.1) is 0 Å². The summed E-state index contributed by atoms with van der Waals surface area (Å²) in [5, 5.41) is 2.62. The molecule has 7 heteroatoms. The highest BCUT2D eigenvalue weighted by Crippen LogP contribution is 2.37. The number of carbonyl (C=O) groups excluding carboxylic acids is 1. The van der Waals surface area contributed by atoms with E-state index in [-0.39, 0.29) is 23.8 Å². The first-order valence-electron chi connectivity index (χ1n) is 6.20. The smallest absolute Gasteiger partial charge is 0.399 e. The Balaban J connectivity index is 2.93. The fraction of sp³-hybridized carbons (Fsp3) is 0.462. The van der Waals surface area contributed by atoms with Crippen LogP contribution in [0.2, 0.25) is 0 Å². The molecule has 0 fully saturated rings. The van der Waals surface area contributed by atoms with Crippen molar-refractivity contribution in [2.75, 3.05) is 30.8 Å². The molecule has 4 nitrogen and oxygen atoms in total. The minimum Gasteiger partial charge on any atom is -0.399 e. The number of anilines is 2. The number of halogens is 3. The van der Waals surface area contributed by atoms with Gasteiger partial charge >= 0.3 is 6.18 Å². The Labute approximate surface area is 115 Å². The van der Waals surface area contributed by atoms with Gasteiger partial charge in [-0.05, 0) is 24.6 Å². The Kier molecular flexibility index (Phi) is 5.24. The second-order valence-corrected chi connectivity index (χ2v) is 4.48. The lowest BCUT2D eigenvalue weighted by molar-refractivity contribution is -0.137. The van der Waals surface area contributed by atoms with Crippen molar-refractivity contribution >= 4 is 17.3 Å². The van der Waals surface area contributed by atoms with Crippen molar-refractivity contribution in [1.82, 2.24) is 5.32 Å². The molecule has 1 rings (SSSR count). The molecular formula is C13H18F3N3O. The minimum atomic E-state index is -4.52. The topological polar surface area (TPSA) is 58.4 Å². The summed E-state index contributed by atoms with van der Waals surface area (Å²) in [6, 6.07) is 3.52. The largest absolute Gasteiger partial charge is 0.418 e. The second kappa shape index (κ2) is 6.49. The number of benzene rings is 1. The van der Waals surface area contributed by atoms with Crippen LogP contribution >= 0.6 is 0 Å². The van der Waals surface area contributed by atoms with Crippen molar-refractivity contribution in [3.63, 3.8) is 0 Å².